The minimum atomic E-state index is -0.359. The van der Waals surface area contributed by atoms with Gasteiger partial charge in [0, 0.05) is 11.6 Å². The minimum Gasteiger partial charge on any atom is -0.467 e. The predicted octanol–water partition coefficient (Wildman–Crippen LogP) is 3.58. The van der Waals surface area contributed by atoms with Crippen LogP contribution in [0.2, 0.25) is 0 Å². The van der Waals surface area contributed by atoms with Gasteiger partial charge < -0.3 is 23.3 Å². The van der Waals surface area contributed by atoms with Crippen LogP contribution in [0.15, 0.2) is 45.5 Å². The molecule has 1 saturated carbocycles. The van der Waals surface area contributed by atoms with Gasteiger partial charge in [-0.2, -0.15) is 4.98 Å². The van der Waals surface area contributed by atoms with Gasteiger partial charge in [0.1, 0.15) is 12.3 Å². The van der Waals surface area contributed by atoms with E-state index in [0.717, 1.165) is 31.2 Å². The number of rotatable bonds is 5. The van der Waals surface area contributed by atoms with E-state index in [2.05, 4.69) is 10.1 Å². The van der Waals surface area contributed by atoms with Gasteiger partial charge in [-0.05, 0) is 43.2 Å². The lowest BCUT2D eigenvalue weighted by molar-refractivity contribution is -0.141. The molecule has 0 radical (unpaired) electrons. The molecule has 6 rings (SSSR count). The van der Waals surface area contributed by atoms with Crippen LogP contribution in [0.1, 0.15) is 37.3 Å². The molecule has 3 aromatic rings. The van der Waals surface area contributed by atoms with Crippen LogP contribution in [0, 0.1) is 5.92 Å². The summed E-state index contributed by atoms with van der Waals surface area (Å²) in [6.07, 6.45) is 5.01. The standard InChI is InChI=1S/C23H22N4O6/c28-22-16-5-1-2-6-17(16)26(23(29)27(22)11-15-4-3-9-30-15)12-20-24-21(25-33-20)14-7-8-18-19(10-14)32-13-31-18/h3-4,7-10,16-17H,1-2,5-6,11-13H2. The number of urea groups is 1. The molecule has 33 heavy (non-hydrogen) atoms. The topological polar surface area (TPSA) is 111 Å². The second-order valence-electron chi connectivity index (χ2n) is 8.45. The van der Waals surface area contributed by atoms with Gasteiger partial charge in [-0.25, -0.2) is 4.79 Å². The van der Waals surface area contributed by atoms with Crippen LogP contribution in [-0.2, 0) is 17.9 Å². The van der Waals surface area contributed by atoms with E-state index in [1.807, 2.05) is 6.07 Å². The summed E-state index contributed by atoms with van der Waals surface area (Å²) >= 11 is 0. The third kappa shape index (κ3) is 3.51. The molecule has 2 fully saturated rings. The van der Waals surface area contributed by atoms with E-state index in [-0.39, 0.29) is 43.8 Å². The highest BCUT2D eigenvalue weighted by Gasteiger charge is 2.47. The zero-order valence-electron chi connectivity index (χ0n) is 17.8. The fourth-order valence-electron chi connectivity index (χ4n) is 4.87. The first kappa shape index (κ1) is 19.8. The van der Waals surface area contributed by atoms with Crippen LogP contribution in [-0.4, -0.2) is 44.7 Å². The molecule has 170 valence electrons. The molecular weight excluding hydrogens is 428 g/mol. The predicted molar refractivity (Wildman–Crippen MR) is 112 cm³/mol. The molecule has 10 heteroatoms. The van der Waals surface area contributed by atoms with Gasteiger partial charge in [0.25, 0.3) is 0 Å². The molecule has 2 aliphatic heterocycles. The summed E-state index contributed by atoms with van der Waals surface area (Å²) in [4.78, 5) is 34.0. The normalized spacial score (nSPS) is 22.1. The van der Waals surface area contributed by atoms with E-state index in [0.29, 0.717) is 29.0 Å². The summed E-state index contributed by atoms with van der Waals surface area (Å²) in [7, 11) is 0. The summed E-state index contributed by atoms with van der Waals surface area (Å²) in [6, 6.07) is 8.39. The lowest BCUT2D eigenvalue weighted by Crippen LogP contribution is -2.61. The Hall–Kier alpha value is -3.82. The molecule has 1 aromatic carbocycles. The van der Waals surface area contributed by atoms with Crippen LogP contribution in [0.25, 0.3) is 11.4 Å². The largest absolute Gasteiger partial charge is 0.467 e. The number of ether oxygens (including phenoxy) is 2. The Morgan fingerprint density at radius 3 is 2.79 bits per heavy atom. The Labute approximate surface area is 189 Å². The molecule has 1 aliphatic carbocycles. The first-order chi connectivity index (χ1) is 16.2. The summed E-state index contributed by atoms with van der Waals surface area (Å²) in [5, 5.41) is 4.09. The number of aromatic nitrogens is 2. The highest BCUT2D eigenvalue weighted by molar-refractivity contribution is 5.98. The van der Waals surface area contributed by atoms with Crippen molar-refractivity contribution in [3.63, 3.8) is 0 Å². The third-order valence-corrected chi connectivity index (χ3v) is 6.49. The van der Waals surface area contributed by atoms with Crippen LogP contribution >= 0.6 is 0 Å². The van der Waals surface area contributed by atoms with Crippen LogP contribution < -0.4 is 9.47 Å². The zero-order valence-corrected chi connectivity index (χ0v) is 17.8. The fraction of sp³-hybridized carbons (Fsp3) is 0.391. The Morgan fingerprint density at radius 1 is 1.03 bits per heavy atom. The Bertz CT molecular complexity index is 1190. The van der Waals surface area contributed by atoms with E-state index in [1.165, 1.54) is 11.2 Å². The number of fused-ring (bicyclic) bond motifs is 2. The maximum atomic E-state index is 13.4. The number of amides is 3. The van der Waals surface area contributed by atoms with E-state index in [9.17, 15) is 9.59 Å². The SMILES string of the molecule is O=C1C2CCCCC2N(Cc2nc(-c3ccc4c(c3)OCO4)no2)C(=O)N1Cc1ccco1. The first-order valence-electron chi connectivity index (χ1n) is 11.0. The lowest BCUT2D eigenvalue weighted by Gasteiger charge is -2.46. The number of hydrogen-bond acceptors (Lipinski definition) is 8. The van der Waals surface area contributed by atoms with E-state index < -0.39 is 0 Å². The van der Waals surface area contributed by atoms with Crippen molar-refractivity contribution in [2.24, 2.45) is 5.92 Å². The number of nitrogens with zero attached hydrogens (tertiary/aromatic N) is 4. The molecule has 3 amide bonds. The highest BCUT2D eigenvalue weighted by atomic mass is 16.7. The van der Waals surface area contributed by atoms with Gasteiger partial charge >= 0.3 is 6.03 Å². The third-order valence-electron chi connectivity index (χ3n) is 6.49. The maximum Gasteiger partial charge on any atom is 0.327 e. The van der Waals surface area contributed by atoms with Crippen molar-refractivity contribution in [1.82, 2.24) is 19.9 Å². The summed E-state index contributed by atoms with van der Waals surface area (Å²) in [6.45, 7) is 0.430. The van der Waals surface area contributed by atoms with E-state index in [4.69, 9.17) is 18.4 Å². The van der Waals surface area contributed by atoms with Crippen molar-refractivity contribution >= 4 is 11.9 Å². The van der Waals surface area contributed by atoms with Gasteiger partial charge in [0.2, 0.25) is 24.4 Å². The Balaban J connectivity index is 1.26. The van der Waals surface area contributed by atoms with Crippen LogP contribution in [0.4, 0.5) is 4.79 Å². The van der Waals surface area contributed by atoms with Crippen LogP contribution in [0.5, 0.6) is 11.5 Å². The van der Waals surface area contributed by atoms with E-state index >= 15 is 0 Å². The highest BCUT2D eigenvalue weighted by Crippen LogP contribution is 2.37. The van der Waals surface area contributed by atoms with Gasteiger partial charge in [-0.15, -0.1) is 0 Å². The summed E-state index contributed by atoms with van der Waals surface area (Å²) in [5.41, 5.74) is 0.726. The molecule has 0 N–H and O–H groups in total. The second kappa shape index (κ2) is 7.95. The zero-order chi connectivity index (χ0) is 22.4. The molecule has 2 aromatic heterocycles. The lowest BCUT2D eigenvalue weighted by atomic mass is 9.81. The molecule has 10 nitrogen and oxygen atoms in total. The number of hydrogen-bond donors (Lipinski definition) is 0. The van der Waals surface area contributed by atoms with Crippen molar-refractivity contribution in [1.29, 1.82) is 0 Å². The van der Waals surface area contributed by atoms with Gasteiger partial charge in [-0.1, -0.05) is 18.0 Å². The van der Waals surface area contributed by atoms with Gasteiger partial charge in [-0.3, -0.25) is 9.69 Å². The monoisotopic (exact) mass is 450 g/mol. The molecule has 0 spiro atoms. The molecule has 2 unspecified atom stereocenters. The number of carbonyl (C=O) groups excluding carboxylic acids is 2. The Kier molecular flexibility index (Phi) is 4.78. The summed E-state index contributed by atoms with van der Waals surface area (Å²) in [5.74, 6) is 2.21. The van der Waals surface area contributed by atoms with Gasteiger partial charge in [0.15, 0.2) is 11.5 Å². The first-order valence-corrected chi connectivity index (χ1v) is 11.0. The van der Waals surface area contributed by atoms with Crippen molar-refractivity contribution in [3.8, 4) is 22.9 Å². The quantitative estimate of drug-likeness (QED) is 0.580. The average Bonchev–Trinajstić information content (AvgIpc) is 3.61. The number of imide groups is 1. The van der Waals surface area contributed by atoms with Crippen LogP contribution in [0.3, 0.4) is 0 Å². The summed E-state index contributed by atoms with van der Waals surface area (Å²) < 4.78 is 21.6. The van der Waals surface area contributed by atoms with Crippen molar-refractivity contribution in [3.05, 3.63) is 48.2 Å². The average molecular weight is 450 g/mol. The molecule has 4 heterocycles. The Morgan fingerprint density at radius 2 is 1.91 bits per heavy atom. The number of carbonyl (C=O) groups is 2. The van der Waals surface area contributed by atoms with Crippen molar-refractivity contribution in [2.75, 3.05) is 6.79 Å². The number of furan rings is 1. The molecule has 2 atom stereocenters. The molecular formula is C23H22N4O6. The minimum absolute atomic E-state index is 0.108. The van der Waals surface area contributed by atoms with Crippen molar-refractivity contribution < 1.29 is 28.0 Å². The molecule has 1 saturated heterocycles. The molecule has 3 aliphatic rings. The maximum absolute atomic E-state index is 13.4. The number of benzene rings is 1. The fourth-order valence-corrected chi connectivity index (χ4v) is 4.87. The molecule has 0 bridgehead atoms. The van der Waals surface area contributed by atoms with E-state index in [1.54, 1.807) is 29.2 Å². The smallest absolute Gasteiger partial charge is 0.327 e. The van der Waals surface area contributed by atoms with Crippen molar-refractivity contribution in [2.45, 2.75) is 44.8 Å². The second-order valence-corrected chi connectivity index (χ2v) is 8.45. The van der Waals surface area contributed by atoms with Gasteiger partial charge in [0.05, 0.1) is 18.7 Å².